The minimum absolute atomic E-state index is 0.816. The number of aromatic nitrogens is 4. The number of aryl methyl sites for hydroxylation is 2. The first-order valence-electron chi connectivity index (χ1n) is 10.7. The quantitative estimate of drug-likeness (QED) is 0.213. The van der Waals surface area contributed by atoms with Gasteiger partial charge in [0.2, 0.25) is 0 Å². The smallest absolute Gasteiger partial charge is 0.0971 e. The highest BCUT2D eigenvalue weighted by Crippen LogP contribution is 2.09. The van der Waals surface area contributed by atoms with Crippen molar-refractivity contribution < 1.29 is 0 Å². The van der Waals surface area contributed by atoms with Crippen molar-refractivity contribution >= 4 is 12.1 Å². The molecule has 0 fully saturated rings. The van der Waals surface area contributed by atoms with Gasteiger partial charge in [0.25, 0.3) is 0 Å². The summed E-state index contributed by atoms with van der Waals surface area (Å²) >= 11 is 0. The first-order chi connectivity index (χ1) is 16.2. The zero-order valence-electron chi connectivity index (χ0n) is 19.1. The van der Waals surface area contributed by atoms with Crippen molar-refractivity contribution in [2.75, 3.05) is 13.1 Å². The lowest BCUT2D eigenvalue weighted by molar-refractivity contribution is 0.755. The van der Waals surface area contributed by atoms with Crippen LogP contribution in [-0.4, -0.2) is 45.3 Å². The lowest BCUT2D eigenvalue weighted by Gasteiger charge is -2.04. The van der Waals surface area contributed by atoms with Gasteiger partial charge in [-0.15, -0.1) is 0 Å². The first kappa shape index (κ1) is 25.1. The van der Waals surface area contributed by atoms with Gasteiger partial charge in [-0.25, -0.2) is 4.98 Å². The second-order valence-electron chi connectivity index (χ2n) is 7.01. The predicted molar refractivity (Wildman–Crippen MR) is 135 cm³/mol. The van der Waals surface area contributed by atoms with E-state index in [1.54, 1.807) is 25.1 Å². The van der Waals surface area contributed by atoms with Crippen molar-refractivity contribution in [1.82, 2.24) is 25.5 Å². The summed E-state index contributed by atoms with van der Waals surface area (Å²) in [5, 5.41) is 13.5. The summed E-state index contributed by atoms with van der Waals surface area (Å²) < 4.78 is 0. The second-order valence-corrected chi connectivity index (χ2v) is 7.01. The molecule has 0 unspecified atom stereocenters. The number of nitrogens with one attached hydrogen (secondary N) is 3. The molecular weight excluding hydrogens is 412 g/mol. The van der Waals surface area contributed by atoms with Crippen molar-refractivity contribution in [3.05, 3.63) is 108 Å². The van der Waals surface area contributed by atoms with Crippen LogP contribution in [0.4, 0.5) is 0 Å². The van der Waals surface area contributed by atoms with Crippen molar-refractivity contribution in [2.45, 2.75) is 20.3 Å². The zero-order valence-corrected chi connectivity index (χ0v) is 19.1. The molecule has 4 aromatic rings. The van der Waals surface area contributed by atoms with Crippen LogP contribution < -0.4 is 11.2 Å². The number of H-pyrrole nitrogens is 2. The SMILES string of the molecule is C1=NCCCN1.Cc1cc(C)[nH]n1.NN=C(c1ccccc1)c1ccccc1.c1c[nH]cn1. The fourth-order valence-corrected chi connectivity index (χ4v) is 2.74. The van der Waals surface area contributed by atoms with Crippen LogP contribution in [0.1, 0.15) is 28.9 Å². The Balaban J connectivity index is 0.000000177. The summed E-state index contributed by atoms with van der Waals surface area (Å²) in [6.07, 6.45) is 8.04. The molecule has 33 heavy (non-hydrogen) atoms. The highest BCUT2D eigenvalue weighted by molar-refractivity contribution is 6.12. The molecule has 5 rings (SSSR count). The van der Waals surface area contributed by atoms with Crippen LogP contribution in [0.25, 0.3) is 0 Å². The van der Waals surface area contributed by atoms with E-state index in [0.717, 1.165) is 41.3 Å². The highest BCUT2D eigenvalue weighted by Gasteiger charge is 2.04. The lowest BCUT2D eigenvalue weighted by Crippen LogP contribution is -2.17. The Morgan fingerprint density at radius 1 is 0.970 bits per heavy atom. The van der Waals surface area contributed by atoms with Gasteiger partial charge in [-0.1, -0.05) is 60.7 Å². The molecule has 8 nitrogen and oxygen atoms in total. The minimum Gasteiger partial charge on any atom is -0.376 e. The molecule has 0 spiro atoms. The van der Waals surface area contributed by atoms with Crippen LogP contribution >= 0.6 is 0 Å². The molecule has 0 atom stereocenters. The number of imidazole rings is 1. The molecule has 0 aliphatic carbocycles. The van der Waals surface area contributed by atoms with Crippen molar-refractivity contribution in [2.24, 2.45) is 15.9 Å². The predicted octanol–water partition coefficient (Wildman–Crippen LogP) is 3.84. The Bertz CT molecular complexity index is 955. The Hall–Kier alpha value is -4.20. The van der Waals surface area contributed by atoms with E-state index < -0.39 is 0 Å². The third-order valence-corrected chi connectivity index (χ3v) is 4.25. The first-order valence-corrected chi connectivity index (χ1v) is 10.7. The Morgan fingerprint density at radius 3 is 1.88 bits per heavy atom. The van der Waals surface area contributed by atoms with Crippen molar-refractivity contribution in [3.8, 4) is 0 Å². The Labute approximate surface area is 195 Å². The van der Waals surface area contributed by atoms with Gasteiger partial charge in [0.15, 0.2) is 0 Å². The van der Waals surface area contributed by atoms with Gasteiger partial charge in [-0.2, -0.15) is 10.2 Å². The molecule has 0 amide bonds. The van der Waals surface area contributed by atoms with Gasteiger partial charge in [-0.3, -0.25) is 10.1 Å². The molecule has 2 aromatic heterocycles. The lowest BCUT2D eigenvalue weighted by atomic mass is 10.0. The molecule has 0 radical (unpaired) electrons. The van der Waals surface area contributed by atoms with Crippen LogP contribution in [0.3, 0.4) is 0 Å². The Morgan fingerprint density at radius 2 is 1.64 bits per heavy atom. The third-order valence-electron chi connectivity index (χ3n) is 4.25. The summed E-state index contributed by atoms with van der Waals surface area (Å²) in [6, 6.07) is 21.8. The molecule has 1 aliphatic heterocycles. The third kappa shape index (κ3) is 10.6. The summed E-state index contributed by atoms with van der Waals surface area (Å²) in [6.45, 7) is 6.06. The fourth-order valence-electron chi connectivity index (χ4n) is 2.74. The van der Waals surface area contributed by atoms with Crippen LogP contribution in [0.2, 0.25) is 0 Å². The molecule has 2 aromatic carbocycles. The van der Waals surface area contributed by atoms with Gasteiger partial charge in [0, 0.05) is 42.3 Å². The number of hydrazone groups is 1. The number of nitrogens with two attached hydrogens (primary N) is 1. The van der Waals surface area contributed by atoms with Crippen molar-refractivity contribution in [1.29, 1.82) is 0 Å². The number of hydrogen-bond donors (Lipinski definition) is 4. The molecule has 172 valence electrons. The van der Waals surface area contributed by atoms with E-state index in [-0.39, 0.29) is 0 Å². The normalized spacial score (nSPS) is 11.2. The van der Waals surface area contributed by atoms with E-state index >= 15 is 0 Å². The van der Waals surface area contributed by atoms with E-state index in [0.29, 0.717) is 0 Å². The standard InChI is InChI=1S/C13H12N2.C5H8N2.C4H8N2.C3H4N2/c14-15-13(11-7-3-1-4-8-11)12-9-5-2-6-10-12;1-4-3-5(2)7-6-4;1-2-5-4-6-3-1;1-2-5-3-4-1/h1-10H,14H2;3H,1-2H3,(H,6,7);4H,1-3H2,(H,5,6);1-3H,(H,4,5). The van der Waals surface area contributed by atoms with E-state index in [9.17, 15) is 0 Å². The van der Waals surface area contributed by atoms with Gasteiger partial charge < -0.3 is 16.1 Å². The van der Waals surface area contributed by atoms with Crippen molar-refractivity contribution in [3.63, 3.8) is 0 Å². The molecular formula is C25H32N8. The number of benzene rings is 2. The average molecular weight is 445 g/mol. The molecule has 3 heterocycles. The molecule has 1 aliphatic rings. The van der Waals surface area contributed by atoms with Crippen LogP contribution in [-0.2, 0) is 0 Å². The maximum Gasteiger partial charge on any atom is 0.0971 e. The maximum atomic E-state index is 5.42. The molecule has 5 N–H and O–H groups in total. The number of nitrogens with zero attached hydrogens (tertiary/aromatic N) is 4. The summed E-state index contributed by atoms with van der Waals surface area (Å²) in [5.41, 5.74) is 5.06. The number of aliphatic imine (C=N–C) groups is 1. The summed E-state index contributed by atoms with van der Waals surface area (Å²) in [7, 11) is 0. The maximum absolute atomic E-state index is 5.42. The van der Waals surface area contributed by atoms with E-state index in [2.05, 4.69) is 35.6 Å². The van der Waals surface area contributed by atoms with Gasteiger partial charge >= 0.3 is 0 Å². The zero-order chi connectivity index (χ0) is 23.6. The van der Waals surface area contributed by atoms with E-state index in [4.69, 9.17) is 5.84 Å². The van der Waals surface area contributed by atoms with Gasteiger partial charge in [0.05, 0.1) is 24.1 Å². The van der Waals surface area contributed by atoms with E-state index in [1.807, 2.05) is 80.6 Å². The number of rotatable bonds is 2. The molecule has 0 saturated heterocycles. The number of hydrogen-bond acceptors (Lipinski definition) is 6. The largest absolute Gasteiger partial charge is 0.376 e. The fraction of sp³-hybridized carbons (Fsp3) is 0.200. The monoisotopic (exact) mass is 444 g/mol. The van der Waals surface area contributed by atoms with Gasteiger partial charge in [-0.05, 0) is 26.3 Å². The topological polar surface area (TPSA) is 120 Å². The molecule has 0 saturated carbocycles. The second kappa shape index (κ2) is 15.6. The molecule has 0 bridgehead atoms. The van der Waals surface area contributed by atoms with Crippen LogP contribution in [0, 0.1) is 13.8 Å². The molecule has 8 heteroatoms. The van der Waals surface area contributed by atoms with Gasteiger partial charge in [0.1, 0.15) is 0 Å². The summed E-state index contributed by atoms with van der Waals surface area (Å²) in [4.78, 5) is 10.4. The van der Waals surface area contributed by atoms with Crippen LogP contribution in [0.15, 0.2) is 95.5 Å². The summed E-state index contributed by atoms with van der Waals surface area (Å²) in [5.74, 6) is 5.42. The highest BCUT2D eigenvalue weighted by atomic mass is 15.1. The minimum atomic E-state index is 0.816. The van der Waals surface area contributed by atoms with E-state index in [1.165, 1.54) is 6.42 Å². The van der Waals surface area contributed by atoms with Crippen LogP contribution in [0.5, 0.6) is 0 Å². The Kier molecular flexibility index (Phi) is 11.8. The average Bonchev–Trinajstić information content (AvgIpc) is 3.58. The number of aromatic amines is 2.